The van der Waals surface area contributed by atoms with Crippen molar-refractivity contribution in [2.45, 2.75) is 20.4 Å². The molecule has 3 aromatic rings. The zero-order chi connectivity index (χ0) is 13.2. The van der Waals surface area contributed by atoms with Crippen LogP contribution in [-0.2, 0) is 6.54 Å². The van der Waals surface area contributed by atoms with Gasteiger partial charge in [0.1, 0.15) is 5.01 Å². The van der Waals surface area contributed by atoms with Crippen molar-refractivity contribution in [1.29, 1.82) is 0 Å². The molecule has 3 rings (SSSR count). The molecule has 2 heterocycles. The number of benzene rings is 1. The van der Waals surface area contributed by atoms with Crippen molar-refractivity contribution in [3.8, 4) is 0 Å². The van der Waals surface area contributed by atoms with Gasteiger partial charge in [-0.1, -0.05) is 18.2 Å². The van der Waals surface area contributed by atoms with Gasteiger partial charge < -0.3 is 5.32 Å². The number of hydrogen-bond donors (Lipinski definition) is 1. The van der Waals surface area contributed by atoms with Gasteiger partial charge in [0.05, 0.1) is 12.1 Å². The van der Waals surface area contributed by atoms with Gasteiger partial charge >= 0.3 is 0 Å². The normalized spacial score (nSPS) is 10.8. The number of hydrogen-bond acceptors (Lipinski definition) is 4. The Bertz CT molecular complexity index is 718. The van der Waals surface area contributed by atoms with Crippen LogP contribution >= 0.6 is 11.3 Å². The van der Waals surface area contributed by atoms with Crippen LogP contribution in [0, 0.1) is 13.8 Å². The predicted molar refractivity (Wildman–Crippen MR) is 80.7 cm³/mol. The first kappa shape index (κ1) is 12.1. The van der Waals surface area contributed by atoms with E-state index >= 15 is 0 Å². The molecule has 0 amide bonds. The predicted octanol–water partition coefficient (Wildman–Crippen LogP) is 3.92. The van der Waals surface area contributed by atoms with Crippen molar-refractivity contribution in [2.75, 3.05) is 5.32 Å². The maximum atomic E-state index is 4.54. The molecule has 0 aliphatic rings. The van der Waals surface area contributed by atoms with E-state index in [1.54, 1.807) is 11.3 Å². The second-order valence-electron chi connectivity index (χ2n) is 4.56. The minimum absolute atomic E-state index is 0.756. The Hall–Kier alpha value is -1.94. The van der Waals surface area contributed by atoms with Gasteiger partial charge in [-0.3, -0.25) is 4.98 Å². The average Bonchev–Trinajstić information content (AvgIpc) is 2.81. The molecule has 0 spiro atoms. The van der Waals surface area contributed by atoms with E-state index in [4.69, 9.17) is 0 Å². The minimum atomic E-state index is 0.756. The van der Waals surface area contributed by atoms with E-state index < -0.39 is 0 Å². The van der Waals surface area contributed by atoms with E-state index in [0.717, 1.165) is 39.5 Å². The van der Waals surface area contributed by atoms with Gasteiger partial charge in [-0.15, -0.1) is 11.3 Å². The topological polar surface area (TPSA) is 37.8 Å². The number of aromatic nitrogens is 2. The van der Waals surface area contributed by atoms with Crippen LogP contribution < -0.4 is 5.32 Å². The molecule has 0 saturated heterocycles. The summed E-state index contributed by atoms with van der Waals surface area (Å²) in [6.45, 7) is 4.79. The lowest BCUT2D eigenvalue weighted by Crippen LogP contribution is -2.01. The molecule has 0 saturated carbocycles. The van der Waals surface area contributed by atoms with Crippen LogP contribution in [0.2, 0.25) is 0 Å². The molecule has 0 aliphatic heterocycles. The highest BCUT2D eigenvalue weighted by atomic mass is 32.1. The van der Waals surface area contributed by atoms with Gasteiger partial charge in [-0.25, -0.2) is 4.98 Å². The molecule has 0 atom stereocenters. The zero-order valence-electron chi connectivity index (χ0n) is 11.0. The third-order valence-corrected chi connectivity index (χ3v) is 3.91. The molecule has 0 aliphatic carbocycles. The number of aryl methyl sites for hydroxylation is 2. The van der Waals surface area contributed by atoms with E-state index in [2.05, 4.69) is 32.8 Å². The maximum absolute atomic E-state index is 4.54. The summed E-state index contributed by atoms with van der Waals surface area (Å²) in [7, 11) is 0. The average molecular weight is 269 g/mol. The number of nitrogens with zero attached hydrogens (tertiary/aromatic N) is 2. The Morgan fingerprint density at radius 1 is 1.11 bits per heavy atom. The smallest absolute Gasteiger partial charge is 0.112 e. The van der Waals surface area contributed by atoms with E-state index in [-0.39, 0.29) is 0 Å². The van der Waals surface area contributed by atoms with E-state index in [1.807, 2.05) is 32.0 Å². The monoisotopic (exact) mass is 269 g/mol. The molecular weight excluding hydrogens is 254 g/mol. The fourth-order valence-electron chi connectivity index (χ4n) is 2.11. The van der Waals surface area contributed by atoms with Crippen LogP contribution in [-0.4, -0.2) is 9.97 Å². The Kier molecular flexibility index (Phi) is 3.17. The summed E-state index contributed by atoms with van der Waals surface area (Å²) in [5.74, 6) is 0. The highest BCUT2D eigenvalue weighted by Gasteiger charge is 2.04. The van der Waals surface area contributed by atoms with Gasteiger partial charge in [0, 0.05) is 27.8 Å². The molecule has 1 N–H and O–H groups in total. The van der Waals surface area contributed by atoms with Crippen LogP contribution in [0.15, 0.2) is 35.7 Å². The Labute approximate surface area is 116 Å². The summed E-state index contributed by atoms with van der Waals surface area (Å²) in [5, 5.41) is 7.80. The van der Waals surface area contributed by atoms with Gasteiger partial charge in [-0.05, 0) is 26.0 Å². The number of para-hydroxylation sites is 1. The van der Waals surface area contributed by atoms with Crippen molar-refractivity contribution in [3.05, 3.63) is 52.1 Å². The number of fused-ring (bicyclic) bond motifs is 1. The highest BCUT2D eigenvalue weighted by molar-refractivity contribution is 7.09. The number of nitrogens with one attached hydrogen (secondary N) is 1. The van der Waals surface area contributed by atoms with Crippen molar-refractivity contribution >= 4 is 27.9 Å². The zero-order valence-corrected chi connectivity index (χ0v) is 11.8. The molecule has 4 heteroatoms. The molecule has 2 aromatic heterocycles. The fourth-order valence-corrected chi connectivity index (χ4v) is 2.82. The minimum Gasteiger partial charge on any atom is -0.378 e. The third-order valence-electron chi connectivity index (χ3n) is 2.94. The van der Waals surface area contributed by atoms with Crippen LogP contribution in [0.3, 0.4) is 0 Å². The molecule has 1 aromatic carbocycles. The fraction of sp³-hybridized carbons (Fsp3) is 0.200. The van der Waals surface area contributed by atoms with Crippen molar-refractivity contribution < 1.29 is 0 Å². The molecule has 96 valence electrons. The van der Waals surface area contributed by atoms with Crippen LogP contribution in [0.1, 0.15) is 16.4 Å². The largest absolute Gasteiger partial charge is 0.378 e. The molecule has 0 unspecified atom stereocenters. The molecule has 19 heavy (non-hydrogen) atoms. The quantitative estimate of drug-likeness (QED) is 0.783. The second kappa shape index (κ2) is 4.97. The molecule has 0 fully saturated rings. The number of anilines is 1. The van der Waals surface area contributed by atoms with Gasteiger partial charge in [0.15, 0.2) is 0 Å². The van der Waals surface area contributed by atoms with Crippen LogP contribution in [0.5, 0.6) is 0 Å². The van der Waals surface area contributed by atoms with Gasteiger partial charge in [0.25, 0.3) is 0 Å². The van der Waals surface area contributed by atoms with Crippen LogP contribution in [0.4, 0.5) is 5.69 Å². The Morgan fingerprint density at radius 3 is 2.74 bits per heavy atom. The lowest BCUT2D eigenvalue weighted by molar-refractivity contribution is 1.08. The first-order valence-electron chi connectivity index (χ1n) is 6.23. The van der Waals surface area contributed by atoms with Crippen molar-refractivity contribution in [1.82, 2.24) is 9.97 Å². The summed E-state index contributed by atoms with van der Waals surface area (Å²) in [5.41, 5.74) is 4.25. The first-order chi connectivity index (χ1) is 9.22. The third kappa shape index (κ3) is 2.58. The SMILES string of the molecule is Cc1csc(CNc2cc(C)nc3ccccc23)n1. The van der Waals surface area contributed by atoms with Crippen LogP contribution in [0.25, 0.3) is 10.9 Å². The lowest BCUT2D eigenvalue weighted by Gasteiger charge is -2.09. The van der Waals surface area contributed by atoms with E-state index in [9.17, 15) is 0 Å². The molecular formula is C15H15N3S. The first-order valence-corrected chi connectivity index (χ1v) is 7.11. The number of rotatable bonds is 3. The Morgan fingerprint density at radius 2 is 1.95 bits per heavy atom. The van der Waals surface area contributed by atoms with Gasteiger partial charge in [-0.2, -0.15) is 0 Å². The summed E-state index contributed by atoms with van der Waals surface area (Å²) in [6, 6.07) is 10.3. The molecule has 3 nitrogen and oxygen atoms in total. The van der Waals surface area contributed by atoms with Crippen molar-refractivity contribution in [2.24, 2.45) is 0 Å². The standard InChI is InChI=1S/C15H15N3S/c1-10-7-14(12-5-3-4-6-13(12)17-10)16-8-15-18-11(2)9-19-15/h3-7,9H,8H2,1-2H3,(H,16,17). The summed E-state index contributed by atoms with van der Waals surface area (Å²) in [4.78, 5) is 9.01. The Balaban J connectivity index is 1.91. The van der Waals surface area contributed by atoms with E-state index in [0.29, 0.717) is 0 Å². The number of thiazole rings is 1. The van der Waals surface area contributed by atoms with Gasteiger partial charge in [0.2, 0.25) is 0 Å². The molecule has 0 radical (unpaired) electrons. The number of pyridine rings is 1. The highest BCUT2D eigenvalue weighted by Crippen LogP contribution is 2.23. The summed E-state index contributed by atoms with van der Waals surface area (Å²) < 4.78 is 0. The van der Waals surface area contributed by atoms with E-state index in [1.165, 1.54) is 0 Å². The van der Waals surface area contributed by atoms with Crippen molar-refractivity contribution in [3.63, 3.8) is 0 Å². The molecule has 0 bridgehead atoms. The lowest BCUT2D eigenvalue weighted by atomic mass is 10.1. The summed E-state index contributed by atoms with van der Waals surface area (Å²) in [6.07, 6.45) is 0. The maximum Gasteiger partial charge on any atom is 0.112 e. The second-order valence-corrected chi connectivity index (χ2v) is 5.51. The summed E-state index contributed by atoms with van der Waals surface area (Å²) >= 11 is 1.69.